The van der Waals surface area contributed by atoms with Gasteiger partial charge in [0.05, 0.1) is 24.8 Å². The lowest BCUT2D eigenvalue weighted by atomic mass is 9.92. The van der Waals surface area contributed by atoms with Crippen molar-refractivity contribution in [2.45, 2.75) is 40.7 Å². The number of carboxylic acid groups (broad SMARTS) is 1. The minimum Gasteiger partial charge on any atom is -0.478 e. The Morgan fingerprint density at radius 3 is 2.40 bits per heavy atom. The number of aromatic nitrogens is 3. The number of aliphatic carboxylic acids is 1. The van der Waals surface area contributed by atoms with Crippen molar-refractivity contribution in [1.82, 2.24) is 30.1 Å². The summed E-state index contributed by atoms with van der Waals surface area (Å²) in [5, 5.41) is 19.2. The molecule has 0 spiro atoms. The first kappa shape index (κ1) is 36.8. The second kappa shape index (κ2) is 18.3. The Morgan fingerprint density at radius 2 is 1.84 bits per heavy atom. The van der Waals surface area contributed by atoms with Crippen molar-refractivity contribution in [1.29, 1.82) is 0 Å². The maximum absolute atomic E-state index is 14.3. The number of piperidine rings is 1. The summed E-state index contributed by atoms with van der Waals surface area (Å²) in [5.41, 5.74) is 0.927. The normalized spacial score (nSPS) is 17.6. The predicted octanol–water partition coefficient (Wildman–Crippen LogP) is 1.96. The van der Waals surface area contributed by atoms with E-state index in [9.17, 15) is 18.8 Å². The predicted molar refractivity (Wildman–Crippen MR) is 154 cm³/mol. The number of benzene rings is 1. The van der Waals surface area contributed by atoms with E-state index in [-0.39, 0.29) is 54.7 Å². The van der Waals surface area contributed by atoms with Gasteiger partial charge in [-0.2, -0.15) is 9.59 Å². The van der Waals surface area contributed by atoms with Crippen LogP contribution >= 0.6 is 0 Å². The fraction of sp³-hybridized carbons (Fsp3) is 0.517. The van der Waals surface area contributed by atoms with Crippen LogP contribution in [0, 0.1) is 24.6 Å². The molecule has 2 atom stereocenters. The highest BCUT2D eigenvalue weighted by atomic mass is 19.1. The van der Waals surface area contributed by atoms with Crippen LogP contribution in [-0.2, 0) is 23.9 Å². The van der Waals surface area contributed by atoms with Crippen molar-refractivity contribution in [2.24, 2.45) is 11.8 Å². The Hall–Kier alpha value is -4.26. The van der Waals surface area contributed by atoms with E-state index in [1.165, 1.54) is 10.7 Å². The Balaban J connectivity index is 0.000000917. The van der Waals surface area contributed by atoms with Crippen LogP contribution in [0.4, 0.5) is 4.39 Å². The molecular weight excluding hydrogens is 563 g/mol. The molecule has 3 heterocycles. The van der Waals surface area contributed by atoms with E-state index in [0.717, 1.165) is 6.08 Å². The zero-order valence-electron chi connectivity index (χ0n) is 24.0. The van der Waals surface area contributed by atoms with Crippen LogP contribution in [0.15, 0.2) is 36.9 Å². The lowest BCUT2D eigenvalue weighted by Crippen LogP contribution is -2.56. The summed E-state index contributed by atoms with van der Waals surface area (Å²) in [6, 6.07) is 6.11. The van der Waals surface area contributed by atoms with Gasteiger partial charge in [0.1, 0.15) is 11.5 Å². The molecule has 13 nitrogen and oxygen atoms in total. The molecule has 14 heteroatoms. The standard InChI is InChI=1S/C24H33FN6O3.C3H4O2.CO2.CH4/c1-16(2)15-30(19-12-18(13-26-14-19)23(32)29-8-10-34-11-9-29)24(33)22-17(3)31(28-27-22)21-7-5-4-6-20(21)25;1-2-3(4)5;2-1-3;/h4-7,16,18-19,26H,8-15H2,1-3H3;2H,1H2,(H,4,5);;1H4/t18-,19+;;;/m1.../s1. The Labute approximate surface area is 250 Å². The highest BCUT2D eigenvalue weighted by molar-refractivity contribution is 5.93. The number of rotatable bonds is 7. The smallest absolute Gasteiger partial charge is 0.373 e. The molecule has 2 fully saturated rings. The molecule has 236 valence electrons. The van der Waals surface area contributed by atoms with Crippen LogP contribution in [-0.4, -0.2) is 106 Å². The fourth-order valence-corrected chi connectivity index (χ4v) is 4.69. The van der Waals surface area contributed by atoms with Crippen molar-refractivity contribution in [2.75, 3.05) is 45.9 Å². The fourth-order valence-electron chi connectivity index (χ4n) is 4.69. The second-order valence-electron chi connectivity index (χ2n) is 10.0. The maximum atomic E-state index is 14.3. The monoisotopic (exact) mass is 604 g/mol. The number of carbonyl (C=O) groups excluding carboxylic acids is 4. The molecule has 0 aliphatic carbocycles. The van der Waals surface area contributed by atoms with Crippen LogP contribution in [0.2, 0.25) is 0 Å². The summed E-state index contributed by atoms with van der Waals surface area (Å²) >= 11 is 0. The minimum absolute atomic E-state index is 0. The number of carbonyl (C=O) groups is 3. The first-order valence-corrected chi connectivity index (χ1v) is 13.5. The average molecular weight is 605 g/mol. The van der Waals surface area contributed by atoms with Crippen LogP contribution in [0.3, 0.4) is 0 Å². The molecule has 0 radical (unpaired) electrons. The van der Waals surface area contributed by atoms with Crippen LogP contribution in [0.25, 0.3) is 5.69 Å². The number of nitrogens with one attached hydrogen (secondary N) is 1. The maximum Gasteiger partial charge on any atom is 0.373 e. The molecule has 0 saturated carbocycles. The highest BCUT2D eigenvalue weighted by Gasteiger charge is 2.36. The zero-order chi connectivity index (χ0) is 31.2. The van der Waals surface area contributed by atoms with E-state index >= 15 is 0 Å². The summed E-state index contributed by atoms with van der Waals surface area (Å²) < 4.78 is 21.1. The Bertz CT molecular complexity index is 1260. The number of carboxylic acids is 1. The molecule has 2 saturated heterocycles. The van der Waals surface area contributed by atoms with E-state index < -0.39 is 11.8 Å². The molecule has 2 N–H and O–H groups in total. The summed E-state index contributed by atoms with van der Waals surface area (Å²) in [7, 11) is 0. The van der Waals surface area contributed by atoms with E-state index in [0.29, 0.717) is 58.1 Å². The molecule has 4 rings (SSSR count). The van der Waals surface area contributed by atoms with Crippen molar-refractivity contribution >= 4 is 23.9 Å². The molecule has 0 bridgehead atoms. The van der Waals surface area contributed by atoms with Gasteiger partial charge in [0.15, 0.2) is 5.69 Å². The van der Waals surface area contributed by atoms with E-state index in [4.69, 9.17) is 19.4 Å². The number of amides is 2. The van der Waals surface area contributed by atoms with Crippen molar-refractivity contribution in [3.05, 3.63) is 54.1 Å². The third-order valence-corrected chi connectivity index (χ3v) is 6.62. The SMILES string of the molecule is C.C=CC(=O)O.Cc1c(C(=O)N(CC(C)C)[C@@H]2CNC[C@H](C(=O)N3CCOCC3)C2)nnn1-c1ccccc1F.O=C=O. The van der Waals surface area contributed by atoms with Crippen LogP contribution < -0.4 is 5.32 Å². The van der Waals surface area contributed by atoms with Crippen molar-refractivity contribution in [3.8, 4) is 5.69 Å². The quantitative estimate of drug-likeness (QED) is 0.447. The Kier molecular flexibility index (Phi) is 15.7. The van der Waals surface area contributed by atoms with Crippen LogP contribution in [0.1, 0.15) is 43.9 Å². The lowest BCUT2D eigenvalue weighted by molar-refractivity contribution is -0.191. The van der Waals surface area contributed by atoms with Gasteiger partial charge in [-0.05, 0) is 31.4 Å². The van der Waals surface area contributed by atoms with Gasteiger partial charge in [-0.15, -0.1) is 5.10 Å². The van der Waals surface area contributed by atoms with E-state index in [1.54, 1.807) is 30.0 Å². The number of nitrogens with zero attached hydrogens (tertiary/aromatic N) is 5. The molecule has 1 aromatic carbocycles. The highest BCUT2D eigenvalue weighted by Crippen LogP contribution is 2.23. The van der Waals surface area contributed by atoms with Crippen LogP contribution in [0.5, 0.6) is 0 Å². The average Bonchev–Trinajstić information content (AvgIpc) is 3.37. The molecule has 0 unspecified atom stereocenters. The lowest BCUT2D eigenvalue weighted by Gasteiger charge is -2.40. The van der Waals surface area contributed by atoms with Gasteiger partial charge in [0.25, 0.3) is 5.91 Å². The Morgan fingerprint density at radius 1 is 1.23 bits per heavy atom. The largest absolute Gasteiger partial charge is 0.478 e. The molecule has 1 aromatic heterocycles. The number of halogens is 1. The van der Waals surface area contributed by atoms with Gasteiger partial charge in [0, 0.05) is 44.8 Å². The number of hydrogen-bond donors (Lipinski definition) is 2. The third kappa shape index (κ3) is 10.5. The van der Waals surface area contributed by atoms with Gasteiger partial charge >= 0.3 is 12.1 Å². The second-order valence-corrected chi connectivity index (χ2v) is 10.0. The van der Waals surface area contributed by atoms with Gasteiger partial charge in [-0.1, -0.05) is 45.2 Å². The first-order valence-electron chi connectivity index (χ1n) is 13.5. The summed E-state index contributed by atoms with van der Waals surface area (Å²) in [5.74, 6) is -1.53. The zero-order valence-corrected chi connectivity index (χ0v) is 24.0. The number of para-hydroxylation sites is 1. The molecule has 2 aromatic rings. The van der Waals surface area contributed by atoms with Gasteiger partial charge in [0.2, 0.25) is 5.91 Å². The van der Waals surface area contributed by atoms with Gasteiger partial charge in [-0.25, -0.2) is 13.9 Å². The molecule has 43 heavy (non-hydrogen) atoms. The molecular formula is C29H41FN6O7. The summed E-state index contributed by atoms with van der Waals surface area (Å²) in [4.78, 5) is 55.9. The first-order chi connectivity index (χ1) is 20.0. The van der Waals surface area contributed by atoms with Crippen molar-refractivity contribution < 1.29 is 38.2 Å². The van der Waals surface area contributed by atoms with Gasteiger partial charge < -0.3 is 25.0 Å². The molecule has 2 aliphatic heterocycles. The number of morpholine rings is 1. The summed E-state index contributed by atoms with van der Waals surface area (Å²) in [6.07, 6.45) is 1.67. The minimum atomic E-state index is -0.981. The van der Waals surface area contributed by atoms with Crippen molar-refractivity contribution in [3.63, 3.8) is 0 Å². The summed E-state index contributed by atoms with van der Waals surface area (Å²) in [6.45, 7) is 12.8. The van der Waals surface area contributed by atoms with E-state index in [2.05, 4.69) is 36.1 Å². The molecule has 2 amide bonds. The molecule has 2 aliphatic rings. The number of ether oxygens (including phenoxy) is 1. The van der Waals surface area contributed by atoms with Gasteiger partial charge in [-0.3, -0.25) is 9.59 Å². The third-order valence-electron chi connectivity index (χ3n) is 6.62. The topological polar surface area (TPSA) is 164 Å². The van der Waals surface area contributed by atoms with E-state index in [1.807, 2.05) is 4.90 Å². The number of hydrogen-bond acceptors (Lipinski definition) is 9.